The zero-order valence-electron chi connectivity index (χ0n) is 10.4. The maximum Gasteiger partial charge on any atom is 0.138 e. The van der Waals surface area contributed by atoms with Crippen LogP contribution in [0, 0.1) is 5.82 Å². The molecule has 0 aliphatic carbocycles. The molecule has 0 bridgehead atoms. The summed E-state index contributed by atoms with van der Waals surface area (Å²) in [6, 6.07) is 12.0. The van der Waals surface area contributed by atoms with Crippen molar-refractivity contribution in [2.75, 3.05) is 6.54 Å². The molecule has 19 heavy (non-hydrogen) atoms. The monoisotopic (exact) mass is 279 g/mol. The Balaban J connectivity index is 2.06. The molecule has 0 saturated carbocycles. The number of hydrogen-bond donors (Lipinski definition) is 1. The summed E-state index contributed by atoms with van der Waals surface area (Å²) in [7, 11) is 0. The molecule has 2 aromatic carbocycles. The number of rotatable bonds is 5. The molecule has 0 heterocycles. The lowest BCUT2D eigenvalue weighted by atomic mass is 10.1. The van der Waals surface area contributed by atoms with Crippen LogP contribution in [0.3, 0.4) is 0 Å². The Morgan fingerprint density at radius 1 is 1.16 bits per heavy atom. The van der Waals surface area contributed by atoms with Crippen LogP contribution < -0.4 is 10.5 Å². The van der Waals surface area contributed by atoms with Crippen molar-refractivity contribution in [3.05, 3.63) is 64.4 Å². The second kappa shape index (κ2) is 6.55. The van der Waals surface area contributed by atoms with E-state index in [9.17, 15) is 4.39 Å². The molecule has 0 amide bonds. The third-order valence-electron chi connectivity index (χ3n) is 2.77. The van der Waals surface area contributed by atoms with E-state index in [1.807, 2.05) is 12.1 Å². The molecule has 0 unspecified atom stereocenters. The largest absolute Gasteiger partial charge is 0.487 e. The van der Waals surface area contributed by atoms with Gasteiger partial charge in [0, 0.05) is 5.56 Å². The molecule has 2 nitrogen and oxygen atoms in total. The number of benzene rings is 2. The van der Waals surface area contributed by atoms with E-state index in [-0.39, 0.29) is 12.4 Å². The molecular weight excluding hydrogens is 265 g/mol. The summed E-state index contributed by atoms with van der Waals surface area (Å²) in [6.45, 7) is 0.731. The Morgan fingerprint density at radius 3 is 2.63 bits per heavy atom. The normalized spacial score (nSPS) is 10.5. The van der Waals surface area contributed by atoms with Gasteiger partial charge in [-0.15, -0.1) is 0 Å². The van der Waals surface area contributed by atoms with Gasteiger partial charge in [-0.1, -0.05) is 35.9 Å². The summed E-state index contributed by atoms with van der Waals surface area (Å²) in [5.74, 6) is 0.268. The topological polar surface area (TPSA) is 35.2 Å². The smallest absolute Gasteiger partial charge is 0.138 e. The van der Waals surface area contributed by atoms with E-state index in [4.69, 9.17) is 22.1 Å². The van der Waals surface area contributed by atoms with Crippen LogP contribution >= 0.6 is 11.6 Å². The van der Waals surface area contributed by atoms with Gasteiger partial charge in [-0.25, -0.2) is 4.39 Å². The number of halogens is 2. The minimum Gasteiger partial charge on any atom is -0.487 e. The molecule has 0 atom stereocenters. The summed E-state index contributed by atoms with van der Waals surface area (Å²) >= 11 is 6.11. The Kier molecular flexibility index (Phi) is 4.77. The molecule has 0 radical (unpaired) electrons. The van der Waals surface area contributed by atoms with Crippen molar-refractivity contribution >= 4 is 11.6 Å². The Hall–Kier alpha value is -1.58. The van der Waals surface area contributed by atoms with Crippen LogP contribution in [0.4, 0.5) is 4.39 Å². The van der Waals surface area contributed by atoms with Gasteiger partial charge in [-0.05, 0) is 36.7 Å². The molecule has 2 N–H and O–H groups in total. The molecule has 0 aromatic heterocycles. The molecular formula is C15H15ClFNO. The van der Waals surface area contributed by atoms with Crippen molar-refractivity contribution in [1.29, 1.82) is 0 Å². The Labute approximate surface area is 117 Å². The Bertz CT molecular complexity index is 560. The van der Waals surface area contributed by atoms with E-state index in [1.54, 1.807) is 24.3 Å². The van der Waals surface area contributed by atoms with E-state index >= 15 is 0 Å². The molecule has 0 aliphatic rings. The zero-order valence-corrected chi connectivity index (χ0v) is 11.2. The van der Waals surface area contributed by atoms with Gasteiger partial charge >= 0.3 is 0 Å². The van der Waals surface area contributed by atoms with Crippen LogP contribution in [0.25, 0.3) is 0 Å². The number of ether oxygens (including phenoxy) is 1. The van der Waals surface area contributed by atoms with Crippen LogP contribution in [0.1, 0.15) is 11.1 Å². The number of nitrogens with two attached hydrogens (primary N) is 1. The molecule has 100 valence electrons. The second-order valence-electron chi connectivity index (χ2n) is 4.18. The molecule has 0 fully saturated rings. The van der Waals surface area contributed by atoms with Gasteiger partial charge < -0.3 is 10.5 Å². The van der Waals surface area contributed by atoms with Crippen molar-refractivity contribution in [2.45, 2.75) is 13.0 Å². The first-order valence-corrected chi connectivity index (χ1v) is 6.43. The fraction of sp³-hybridized carbons (Fsp3) is 0.200. The first kappa shape index (κ1) is 13.8. The summed E-state index contributed by atoms with van der Waals surface area (Å²) in [6.07, 6.45) is 0.771. The SMILES string of the molecule is NCCc1ccc(OCc2ccccc2F)c(Cl)c1. The van der Waals surface area contributed by atoms with Crippen molar-refractivity contribution in [3.8, 4) is 5.75 Å². The van der Waals surface area contributed by atoms with E-state index in [2.05, 4.69) is 0 Å². The molecule has 2 rings (SSSR count). The standard InChI is InChI=1S/C15H15ClFNO/c16-13-9-11(7-8-18)5-6-15(13)19-10-12-3-1-2-4-14(12)17/h1-6,9H,7-8,10,18H2. The average Bonchev–Trinajstić information content (AvgIpc) is 2.40. The van der Waals surface area contributed by atoms with E-state index in [0.717, 1.165) is 12.0 Å². The highest BCUT2D eigenvalue weighted by atomic mass is 35.5. The van der Waals surface area contributed by atoms with Crippen molar-refractivity contribution in [1.82, 2.24) is 0 Å². The van der Waals surface area contributed by atoms with Crippen LogP contribution in [0.2, 0.25) is 5.02 Å². The minimum atomic E-state index is -0.279. The lowest BCUT2D eigenvalue weighted by molar-refractivity contribution is 0.300. The predicted octanol–water partition coefficient (Wildman–Crippen LogP) is 3.56. The minimum absolute atomic E-state index is 0.155. The summed E-state index contributed by atoms with van der Waals surface area (Å²) in [4.78, 5) is 0. The van der Waals surface area contributed by atoms with E-state index < -0.39 is 0 Å². The highest BCUT2D eigenvalue weighted by Gasteiger charge is 2.05. The maximum atomic E-state index is 13.4. The Morgan fingerprint density at radius 2 is 1.95 bits per heavy atom. The fourth-order valence-corrected chi connectivity index (χ4v) is 2.01. The average molecular weight is 280 g/mol. The van der Waals surface area contributed by atoms with Crippen molar-refractivity contribution in [2.24, 2.45) is 5.73 Å². The lowest BCUT2D eigenvalue weighted by Crippen LogP contribution is -2.03. The van der Waals surface area contributed by atoms with E-state index in [0.29, 0.717) is 22.9 Å². The summed E-state index contributed by atoms with van der Waals surface area (Å²) in [5.41, 5.74) is 7.05. The quantitative estimate of drug-likeness (QED) is 0.908. The van der Waals surface area contributed by atoms with Crippen LogP contribution in [0.15, 0.2) is 42.5 Å². The molecule has 4 heteroatoms. The maximum absolute atomic E-state index is 13.4. The van der Waals surface area contributed by atoms with Crippen LogP contribution in [-0.4, -0.2) is 6.54 Å². The summed E-state index contributed by atoms with van der Waals surface area (Å²) in [5, 5.41) is 0.516. The zero-order chi connectivity index (χ0) is 13.7. The third-order valence-corrected chi connectivity index (χ3v) is 3.07. The van der Waals surface area contributed by atoms with Gasteiger partial charge in [0.25, 0.3) is 0 Å². The summed E-state index contributed by atoms with van der Waals surface area (Å²) < 4.78 is 19.0. The van der Waals surface area contributed by atoms with Crippen LogP contribution in [0.5, 0.6) is 5.75 Å². The molecule has 0 aliphatic heterocycles. The van der Waals surface area contributed by atoms with E-state index in [1.165, 1.54) is 6.07 Å². The molecule has 0 saturated heterocycles. The highest BCUT2D eigenvalue weighted by molar-refractivity contribution is 6.32. The number of hydrogen-bond acceptors (Lipinski definition) is 2. The highest BCUT2D eigenvalue weighted by Crippen LogP contribution is 2.26. The first-order valence-electron chi connectivity index (χ1n) is 6.05. The van der Waals surface area contributed by atoms with Gasteiger partial charge in [0.1, 0.15) is 18.2 Å². The predicted molar refractivity (Wildman–Crippen MR) is 74.9 cm³/mol. The molecule has 2 aromatic rings. The van der Waals surface area contributed by atoms with Gasteiger partial charge in [-0.2, -0.15) is 0 Å². The second-order valence-corrected chi connectivity index (χ2v) is 4.59. The third kappa shape index (κ3) is 3.69. The van der Waals surface area contributed by atoms with Crippen LogP contribution in [-0.2, 0) is 13.0 Å². The van der Waals surface area contributed by atoms with Crippen molar-refractivity contribution in [3.63, 3.8) is 0 Å². The fourth-order valence-electron chi connectivity index (χ4n) is 1.75. The van der Waals surface area contributed by atoms with Gasteiger partial charge in [0.2, 0.25) is 0 Å². The first-order chi connectivity index (χ1) is 9.20. The lowest BCUT2D eigenvalue weighted by Gasteiger charge is -2.10. The molecule has 0 spiro atoms. The van der Waals surface area contributed by atoms with Gasteiger partial charge in [-0.3, -0.25) is 0 Å². The van der Waals surface area contributed by atoms with Gasteiger partial charge in [0.15, 0.2) is 0 Å². The van der Waals surface area contributed by atoms with Crippen molar-refractivity contribution < 1.29 is 9.13 Å². The van der Waals surface area contributed by atoms with Gasteiger partial charge in [0.05, 0.1) is 5.02 Å².